The Balaban J connectivity index is 1.98. The molecule has 4 nitrogen and oxygen atoms in total. The first-order valence-electron chi connectivity index (χ1n) is 6.81. The third kappa shape index (κ3) is 3.40. The summed E-state index contributed by atoms with van der Waals surface area (Å²) in [6.45, 7) is 4.21. The van der Waals surface area contributed by atoms with Crippen molar-refractivity contribution in [1.29, 1.82) is 0 Å². The normalized spacial score (nSPS) is 25.2. The minimum Gasteiger partial charge on any atom is -0.386 e. The number of hydrogen-bond donors (Lipinski definition) is 2. The van der Waals surface area contributed by atoms with Crippen LogP contribution in [0.5, 0.6) is 0 Å². The van der Waals surface area contributed by atoms with Gasteiger partial charge in [0, 0.05) is 11.1 Å². The number of carbonyl (C=O) groups excluding carboxylic acids is 1. The minimum atomic E-state index is -0.756. The molecule has 1 aliphatic heterocycles. The Bertz CT molecular complexity index is 469. The average molecular weight is 342 g/mol. The molecular weight excluding hydrogens is 322 g/mol. The number of aliphatic hydroxyl groups is 1. The topological polar surface area (TPSA) is 58.6 Å². The van der Waals surface area contributed by atoms with Crippen LogP contribution < -0.4 is 5.32 Å². The van der Waals surface area contributed by atoms with Crippen molar-refractivity contribution < 1.29 is 14.6 Å². The Morgan fingerprint density at radius 3 is 2.65 bits per heavy atom. The summed E-state index contributed by atoms with van der Waals surface area (Å²) in [5.74, 6) is -0.154. The van der Waals surface area contributed by atoms with Crippen molar-refractivity contribution in [1.82, 2.24) is 5.32 Å². The number of rotatable bonds is 4. The fraction of sp³-hybridized carbons (Fsp3) is 0.533. The molecule has 1 saturated heterocycles. The van der Waals surface area contributed by atoms with Gasteiger partial charge in [-0.2, -0.15) is 0 Å². The highest BCUT2D eigenvalue weighted by molar-refractivity contribution is 9.10. The van der Waals surface area contributed by atoms with Crippen LogP contribution in [0.1, 0.15) is 38.4 Å². The van der Waals surface area contributed by atoms with Crippen LogP contribution in [0.4, 0.5) is 0 Å². The maximum Gasteiger partial charge on any atom is 0.252 e. The van der Waals surface area contributed by atoms with E-state index in [1.807, 2.05) is 24.3 Å². The van der Waals surface area contributed by atoms with Gasteiger partial charge in [0.1, 0.15) is 5.60 Å². The molecule has 1 aromatic carbocycles. The third-order valence-corrected chi connectivity index (χ3v) is 4.27. The van der Waals surface area contributed by atoms with Gasteiger partial charge in [-0.3, -0.25) is 4.79 Å². The van der Waals surface area contributed by atoms with Crippen LogP contribution in [0.3, 0.4) is 0 Å². The van der Waals surface area contributed by atoms with E-state index in [9.17, 15) is 9.90 Å². The SMILES string of the molecule is CC(NC(=O)C1(C)CCCO1)C(O)c1ccc(Br)cc1. The predicted molar refractivity (Wildman–Crippen MR) is 80.3 cm³/mol. The van der Waals surface area contributed by atoms with Gasteiger partial charge in [-0.15, -0.1) is 0 Å². The van der Waals surface area contributed by atoms with E-state index in [0.717, 1.165) is 22.9 Å². The van der Waals surface area contributed by atoms with Crippen molar-refractivity contribution in [2.45, 2.75) is 44.4 Å². The molecule has 0 bridgehead atoms. The zero-order valence-electron chi connectivity index (χ0n) is 11.7. The van der Waals surface area contributed by atoms with E-state index in [-0.39, 0.29) is 11.9 Å². The zero-order valence-corrected chi connectivity index (χ0v) is 13.3. The van der Waals surface area contributed by atoms with Crippen LogP contribution in [0, 0.1) is 0 Å². The van der Waals surface area contributed by atoms with Crippen molar-refractivity contribution in [2.75, 3.05) is 6.61 Å². The molecule has 2 N–H and O–H groups in total. The van der Waals surface area contributed by atoms with E-state index < -0.39 is 11.7 Å². The van der Waals surface area contributed by atoms with Gasteiger partial charge in [0.15, 0.2) is 0 Å². The predicted octanol–water partition coefficient (Wildman–Crippen LogP) is 2.56. The molecule has 1 aliphatic rings. The van der Waals surface area contributed by atoms with Crippen molar-refractivity contribution in [2.24, 2.45) is 0 Å². The first-order valence-corrected chi connectivity index (χ1v) is 7.60. The maximum absolute atomic E-state index is 12.2. The van der Waals surface area contributed by atoms with Gasteiger partial charge < -0.3 is 15.2 Å². The molecule has 0 radical (unpaired) electrons. The van der Waals surface area contributed by atoms with Crippen LogP contribution in [-0.4, -0.2) is 29.3 Å². The number of amides is 1. The largest absolute Gasteiger partial charge is 0.386 e. The second-order valence-corrected chi connectivity index (χ2v) is 6.36. The lowest BCUT2D eigenvalue weighted by atomic mass is 9.99. The number of aliphatic hydroxyl groups excluding tert-OH is 1. The summed E-state index contributed by atoms with van der Waals surface area (Å²) in [5, 5.41) is 13.1. The van der Waals surface area contributed by atoms with Gasteiger partial charge >= 0.3 is 0 Å². The summed E-state index contributed by atoms with van der Waals surface area (Å²) in [6.07, 6.45) is 0.880. The van der Waals surface area contributed by atoms with Crippen molar-refractivity contribution in [3.05, 3.63) is 34.3 Å². The molecule has 1 fully saturated rings. The highest BCUT2D eigenvalue weighted by Gasteiger charge is 2.38. The standard InChI is InChI=1S/C15H20BrNO3/c1-10(13(18)11-4-6-12(16)7-5-11)17-14(19)15(2)8-3-9-20-15/h4-7,10,13,18H,3,8-9H2,1-2H3,(H,17,19). The molecular formula is C15H20BrNO3. The maximum atomic E-state index is 12.2. The van der Waals surface area contributed by atoms with Crippen LogP contribution in [-0.2, 0) is 9.53 Å². The van der Waals surface area contributed by atoms with Gasteiger partial charge in [0.05, 0.1) is 12.1 Å². The van der Waals surface area contributed by atoms with Gasteiger partial charge in [0.2, 0.25) is 0 Å². The molecule has 1 amide bonds. The lowest BCUT2D eigenvalue weighted by molar-refractivity contribution is -0.141. The summed E-state index contributed by atoms with van der Waals surface area (Å²) in [7, 11) is 0. The monoisotopic (exact) mass is 341 g/mol. The van der Waals surface area contributed by atoms with Crippen molar-refractivity contribution >= 4 is 21.8 Å². The summed E-state index contributed by atoms with van der Waals surface area (Å²) in [5.41, 5.74) is 0.0201. The zero-order chi connectivity index (χ0) is 14.8. The Morgan fingerprint density at radius 1 is 1.45 bits per heavy atom. The third-order valence-electron chi connectivity index (χ3n) is 3.74. The lowest BCUT2D eigenvalue weighted by Gasteiger charge is -2.27. The summed E-state index contributed by atoms with van der Waals surface area (Å²) in [4.78, 5) is 12.2. The molecule has 0 saturated carbocycles. The Labute approximate surface area is 127 Å². The molecule has 2 rings (SSSR count). The van der Waals surface area contributed by atoms with E-state index in [4.69, 9.17) is 4.74 Å². The second kappa shape index (κ2) is 6.24. The van der Waals surface area contributed by atoms with E-state index in [2.05, 4.69) is 21.2 Å². The Morgan fingerprint density at radius 2 is 2.10 bits per heavy atom. The number of nitrogens with one attached hydrogen (secondary N) is 1. The molecule has 5 heteroatoms. The number of hydrogen-bond acceptors (Lipinski definition) is 3. The molecule has 110 valence electrons. The fourth-order valence-electron chi connectivity index (χ4n) is 2.35. The highest BCUT2D eigenvalue weighted by Crippen LogP contribution is 2.26. The molecule has 3 unspecified atom stereocenters. The number of carbonyl (C=O) groups is 1. The Kier molecular flexibility index (Phi) is 4.83. The highest BCUT2D eigenvalue weighted by atomic mass is 79.9. The van der Waals surface area contributed by atoms with Gasteiger partial charge in [-0.25, -0.2) is 0 Å². The second-order valence-electron chi connectivity index (χ2n) is 5.44. The van der Waals surface area contributed by atoms with E-state index in [1.165, 1.54) is 0 Å². The Hall–Kier alpha value is -0.910. The molecule has 0 aliphatic carbocycles. The van der Waals surface area contributed by atoms with Gasteiger partial charge in [0.25, 0.3) is 5.91 Å². The smallest absolute Gasteiger partial charge is 0.252 e. The molecule has 0 aromatic heterocycles. The van der Waals surface area contributed by atoms with Gasteiger partial charge in [-0.1, -0.05) is 28.1 Å². The van der Waals surface area contributed by atoms with Crippen molar-refractivity contribution in [3.8, 4) is 0 Å². The molecule has 0 spiro atoms. The summed E-state index contributed by atoms with van der Waals surface area (Å²) >= 11 is 3.36. The average Bonchev–Trinajstić information content (AvgIpc) is 2.87. The molecule has 1 heterocycles. The lowest BCUT2D eigenvalue weighted by Crippen LogP contribution is -2.48. The van der Waals surface area contributed by atoms with E-state index in [0.29, 0.717) is 6.61 Å². The summed E-state index contributed by atoms with van der Waals surface area (Å²) in [6, 6.07) is 7.05. The van der Waals surface area contributed by atoms with E-state index in [1.54, 1.807) is 13.8 Å². The number of halogens is 1. The fourth-order valence-corrected chi connectivity index (χ4v) is 2.61. The van der Waals surface area contributed by atoms with Crippen LogP contribution in [0.25, 0.3) is 0 Å². The van der Waals surface area contributed by atoms with Crippen LogP contribution >= 0.6 is 15.9 Å². The number of benzene rings is 1. The molecule has 1 aromatic rings. The number of ether oxygens (including phenoxy) is 1. The van der Waals surface area contributed by atoms with Crippen LogP contribution in [0.2, 0.25) is 0 Å². The molecule has 20 heavy (non-hydrogen) atoms. The van der Waals surface area contributed by atoms with Crippen molar-refractivity contribution in [3.63, 3.8) is 0 Å². The van der Waals surface area contributed by atoms with Gasteiger partial charge in [-0.05, 0) is 44.4 Å². The quantitative estimate of drug-likeness (QED) is 0.884. The first kappa shape index (κ1) is 15.5. The van der Waals surface area contributed by atoms with E-state index >= 15 is 0 Å². The van der Waals surface area contributed by atoms with Crippen LogP contribution in [0.15, 0.2) is 28.7 Å². The molecule has 3 atom stereocenters. The first-order chi connectivity index (χ1) is 9.42. The summed E-state index contributed by atoms with van der Waals surface area (Å²) < 4.78 is 6.46. The minimum absolute atomic E-state index is 0.154.